The number of rotatable bonds is 9. The number of benzene rings is 1. The molecular weight excluding hydrogens is 404 g/mol. The van der Waals surface area contributed by atoms with Crippen LogP contribution in [0.15, 0.2) is 29.3 Å². The predicted octanol–water partition coefficient (Wildman–Crippen LogP) is 1.84. The van der Waals surface area contributed by atoms with Gasteiger partial charge in [-0.3, -0.25) is 9.69 Å². The van der Waals surface area contributed by atoms with Crippen molar-refractivity contribution in [1.82, 2.24) is 20.0 Å². The number of hydrogen-bond acceptors (Lipinski definition) is 5. The van der Waals surface area contributed by atoms with E-state index in [2.05, 4.69) is 58.5 Å². The Labute approximate surface area is 193 Å². The molecule has 178 valence electrons. The molecule has 0 saturated carbocycles. The van der Waals surface area contributed by atoms with Crippen molar-refractivity contribution in [2.75, 3.05) is 71.4 Å². The molecule has 1 aromatic rings. The van der Waals surface area contributed by atoms with Gasteiger partial charge in [0.05, 0.1) is 19.2 Å². The van der Waals surface area contributed by atoms with Crippen LogP contribution in [0.3, 0.4) is 0 Å². The molecular formula is C24H40N6O2. The highest BCUT2D eigenvalue weighted by Gasteiger charge is 2.30. The molecule has 32 heavy (non-hydrogen) atoms. The topological polar surface area (TPSA) is 72.4 Å². The van der Waals surface area contributed by atoms with Gasteiger partial charge in [-0.2, -0.15) is 0 Å². The Kier molecular flexibility index (Phi) is 9.62. The van der Waals surface area contributed by atoms with Crippen molar-refractivity contribution in [3.63, 3.8) is 0 Å². The van der Waals surface area contributed by atoms with Crippen molar-refractivity contribution < 1.29 is 9.53 Å². The van der Waals surface area contributed by atoms with Crippen molar-refractivity contribution in [1.29, 1.82) is 0 Å². The highest BCUT2D eigenvalue weighted by atomic mass is 16.5. The van der Waals surface area contributed by atoms with Crippen LogP contribution in [0.25, 0.3) is 0 Å². The first-order valence-electron chi connectivity index (χ1n) is 12.0. The number of carbonyl (C=O) groups excluding carboxylic acids is 1. The number of aliphatic imine (C=N–C) groups is 1. The third kappa shape index (κ3) is 6.84. The minimum absolute atomic E-state index is 0.0363. The average Bonchev–Trinajstić information content (AvgIpc) is 3.37. The van der Waals surface area contributed by atoms with Gasteiger partial charge in [-0.1, -0.05) is 12.1 Å². The number of carbonyl (C=O) groups is 1. The molecule has 1 amide bonds. The first-order chi connectivity index (χ1) is 15.6. The Morgan fingerprint density at radius 2 is 1.75 bits per heavy atom. The Morgan fingerprint density at radius 3 is 2.38 bits per heavy atom. The maximum absolute atomic E-state index is 12.7. The SMILES string of the molecule is CCNC(=NCc1ccc(NCCOC)cc1)N1CCN(C(C)C(=O)N2CCCC2)CC1. The fourth-order valence-corrected chi connectivity index (χ4v) is 4.30. The number of methoxy groups -OCH3 is 1. The number of hydrogen-bond donors (Lipinski definition) is 2. The van der Waals surface area contributed by atoms with Gasteiger partial charge in [0.15, 0.2) is 5.96 Å². The van der Waals surface area contributed by atoms with Gasteiger partial charge in [-0.15, -0.1) is 0 Å². The highest BCUT2D eigenvalue weighted by molar-refractivity contribution is 5.82. The van der Waals surface area contributed by atoms with Gasteiger partial charge in [0.2, 0.25) is 5.91 Å². The molecule has 1 aromatic carbocycles. The summed E-state index contributed by atoms with van der Waals surface area (Å²) in [4.78, 5) is 24.3. The number of guanidine groups is 1. The van der Waals surface area contributed by atoms with E-state index < -0.39 is 0 Å². The molecule has 0 radical (unpaired) electrons. The molecule has 2 fully saturated rings. The summed E-state index contributed by atoms with van der Waals surface area (Å²) in [6.07, 6.45) is 2.28. The van der Waals surface area contributed by atoms with Gasteiger partial charge < -0.3 is 25.2 Å². The maximum Gasteiger partial charge on any atom is 0.239 e. The van der Waals surface area contributed by atoms with Crippen LogP contribution in [0.5, 0.6) is 0 Å². The van der Waals surface area contributed by atoms with Crippen LogP contribution in [0.1, 0.15) is 32.3 Å². The van der Waals surface area contributed by atoms with Crippen molar-refractivity contribution in [2.24, 2.45) is 4.99 Å². The first-order valence-corrected chi connectivity index (χ1v) is 12.0. The zero-order valence-electron chi connectivity index (χ0n) is 20.0. The summed E-state index contributed by atoms with van der Waals surface area (Å²) in [5.41, 5.74) is 2.27. The largest absolute Gasteiger partial charge is 0.383 e. The molecule has 0 bridgehead atoms. The minimum atomic E-state index is -0.0363. The molecule has 0 aromatic heterocycles. The number of nitrogens with zero attached hydrogens (tertiary/aromatic N) is 4. The molecule has 2 saturated heterocycles. The van der Waals surface area contributed by atoms with E-state index in [0.29, 0.717) is 13.2 Å². The molecule has 2 aliphatic heterocycles. The van der Waals surface area contributed by atoms with Crippen LogP contribution >= 0.6 is 0 Å². The van der Waals surface area contributed by atoms with E-state index in [0.717, 1.165) is 76.8 Å². The molecule has 2 N–H and O–H groups in total. The molecule has 3 rings (SSSR count). The summed E-state index contributed by atoms with van der Waals surface area (Å²) in [5.74, 6) is 1.24. The fourth-order valence-electron chi connectivity index (χ4n) is 4.30. The second kappa shape index (κ2) is 12.6. The van der Waals surface area contributed by atoms with Crippen LogP contribution in [-0.2, 0) is 16.1 Å². The Hall–Kier alpha value is -2.32. The third-order valence-electron chi connectivity index (χ3n) is 6.27. The molecule has 2 heterocycles. The van der Waals surface area contributed by atoms with E-state index in [4.69, 9.17) is 9.73 Å². The Balaban J connectivity index is 1.51. The third-order valence-corrected chi connectivity index (χ3v) is 6.27. The molecule has 2 aliphatic rings. The monoisotopic (exact) mass is 444 g/mol. The number of likely N-dealkylation sites (tertiary alicyclic amines) is 1. The van der Waals surface area contributed by atoms with Crippen LogP contribution in [0, 0.1) is 0 Å². The van der Waals surface area contributed by atoms with E-state index in [1.807, 2.05) is 4.90 Å². The maximum atomic E-state index is 12.7. The second-order valence-electron chi connectivity index (χ2n) is 8.52. The summed E-state index contributed by atoms with van der Waals surface area (Å²) in [5, 5.41) is 6.77. The van der Waals surface area contributed by atoms with E-state index in [1.165, 1.54) is 5.56 Å². The number of amides is 1. The smallest absolute Gasteiger partial charge is 0.239 e. The van der Waals surface area contributed by atoms with Crippen LogP contribution in [-0.4, -0.2) is 98.7 Å². The van der Waals surface area contributed by atoms with Gasteiger partial charge in [-0.05, 0) is 44.4 Å². The van der Waals surface area contributed by atoms with Crippen LogP contribution in [0.4, 0.5) is 5.69 Å². The summed E-state index contributed by atoms with van der Waals surface area (Å²) in [7, 11) is 1.71. The standard InChI is InChI=1S/C24H40N6O2/c1-4-25-24(27-19-21-7-9-22(10-8-21)26-11-18-32-3)30-16-14-28(15-17-30)20(2)23(31)29-12-5-6-13-29/h7-10,20,26H,4-6,11-19H2,1-3H3,(H,25,27). The number of anilines is 1. The quantitative estimate of drug-likeness (QED) is 0.344. The highest BCUT2D eigenvalue weighted by Crippen LogP contribution is 2.15. The van der Waals surface area contributed by atoms with Crippen molar-refractivity contribution in [2.45, 2.75) is 39.3 Å². The number of nitrogens with one attached hydrogen (secondary N) is 2. The van der Waals surface area contributed by atoms with Crippen molar-refractivity contribution >= 4 is 17.6 Å². The lowest BCUT2D eigenvalue weighted by atomic mass is 10.2. The van der Waals surface area contributed by atoms with E-state index in [-0.39, 0.29) is 11.9 Å². The fraction of sp³-hybridized carbons (Fsp3) is 0.667. The van der Waals surface area contributed by atoms with E-state index in [9.17, 15) is 4.79 Å². The number of piperazine rings is 1. The zero-order chi connectivity index (χ0) is 22.8. The lowest BCUT2D eigenvalue weighted by Gasteiger charge is -2.39. The van der Waals surface area contributed by atoms with Crippen LogP contribution in [0.2, 0.25) is 0 Å². The van der Waals surface area contributed by atoms with Gasteiger partial charge in [-0.25, -0.2) is 4.99 Å². The molecule has 0 spiro atoms. The van der Waals surface area contributed by atoms with E-state index in [1.54, 1.807) is 7.11 Å². The molecule has 8 heteroatoms. The Bertz CT molecular complexity index is 725. The molecule has 1 atom stereocenters. The summed E-state index contributed by atoms with van der Waals surface area (Å²) >= 11 is 0. The lowest BCUT2D eigenvalue weighted by Crippen LogP contribution is -2.57. The van der Waals surface area contributed by atoms with Crippen molar-refractivity contribution in [3.05, 3.63) is 29.8 Å². The van der Waals surface area contributed by atoms with Gasteiger partial charge in [0.25, 0.3) is 0 Å². The lowest BCUT2D eigenvalue weighted by molar-refractivity contribution is -0.135. The summed E-state index contributed by atoms with van der Waals surface area (Å²) < 4.78 is 5.07. The van der Waals surface area contributed by atoms with Crippen molar-refractivity contribution in [3.8, 4) is 0 Å². The molecule has 1 unspecified atom stereocenters. The van der Waals surface area contributed by atoms with Gasteiger partial charge in [0, 0.05) is 65.2 Å². The predicted molar refractivity (Wildman–Crippen MR) is 130 cm³/mol. The zero-order valence-corrected chi connectivity index (χ0v) is 20.0. The first kappa shape index (κ1) is 24.3. The van der Waals surface area contributed by atoms with Gasteiger partial charge >= 0.3 is 0 Å². The summed E-state index contributed by atoms with van der Waals surface area (Å²) in [6.45, 7) is 12.5. The average molecular weight is 445 g/mol. The normalized spacial score (nSPS) is 18.7. The number of ether oxygens (including phenoxy) is 1. The van der Waals surface area contributed by atoms with E-state index >= 15 is 0 Å². The second-order valence-corrected chi connectivity index (χ2v) is 8.52. The Morgan fingerprint density at radius 1 is 1.06 bits per heavy atom. The van der Waals surface area contributed by atoms with Crippen LogP contribution < -0.4 is 10.6 Å². The minimum Gasteiger partial charge on any atom is -0.383 e. The van der Waals surface area contributed by atoms with Gasteiger partial charge in [0.1, 0.15) is 0 Å². The summed E-state index contributed by atoms with van der Waals surface area (Å²) in [6, 6.07) is 8.37. The molecule has 8 nitrogen and oxygen atoms in total. The molecule has 0 aliphatic carbocycles.